The van der Waals surface area contributed by atoms with E-state index in [4.69, 9.17) is 21.1 Å². The molecule has 0 saturated heterocycles. The monoisotopic (exact) mass is 577 g/mol. The molecular formula is C27H29ClNO5PS2. The molecule has 0 radical (unpaired) electrons. The topological polar surface area (TPSA) is 72.9 Å². The van der Waals surface area contributed by atoms with Gasteiger partial charge in [-0.1, -0.05) is 114 Å². The van der Waals surface area contributed by atoms with Crippen LogP contribution in [0.4, 0.5) is 4.79 Å². The molecule has 1 amide bonds. The second-order valence-corrected chi connectivity index (χ2v) is 16.7. The summed E-state index contributed by atoms with van der Waals surface area (Å²) in [7, 11) is 0. The average Bonchev–Trinajstić information content (AvgIpc) is 2.94. The summed E-state index contributed by atoms with van der Waals surface area (Å²) < 4.78 is 24.8. The van der Waals surface area contributed by atoms with E-state index < -0.39 is 17.6 Å². The Labute approximate surface area is 230 Å². The molecule has 0 heterocycles. The molecule has 3 aromatic rings. The lowest BCUT2D eigenvalue weighted by molar-refractivity contribution is -0.143. The molecule has 10 heteroatoms. The van der Waals surface area contributed by atoms with E-state index in [-0.39, 0.29) is 31.9 Å². The van der Waals surface area contributed by atoms with Gasteiger partial charge < -0.3 is 9.47 Å². The second-order valence-electron chi connectivity index (χ2n) is 7.92. The summed E-state index contributed by atoms with van der Waals surface area (Å²) >= 11 is 8.23. The van der Waals surface area contributed by atoms with Crippen molar-refractivity contribution in [3.8, 4) is 0 Å². The van der Waals surface area contributed by atoms with Gasteiger partial charge >= 0.3 is 12.1 Å². The number of hydrogen-bond donors (Lipinski definition) is 0. The molecule has 0 N–H and O–H groups in total. The van der Waals surface area contributed by atoms with Crippen LogP contribution in [0.5, 0.6) is 0 Å². The highest BCUT2D eigenvalue weighted by atomic mass is 35.5. The lowest BCUT2D eigenvalue weighted by atomic mass is 10.2. The van der Waals surface area contributed by atoms with Gasteiger partial charge in [0, 0.05) is 11.5 Å². The summed E-state index contributed by atoms with van der Waals surface area (Å²) in [5.41, 5.74) is -0.265. The maximum Gasteiger partial charge on any atom is 0.411 e. The Bertz CT molecular complexity index is 1110. The van der Waals surface area contributed by atoms with Gasteiger partial charge in [0.15, 0.2) is 0 Å². The number of alkyl halides is 1. The second kappa shape index (κ2) is 15.8. The maximum absolute atomic E-state index is 14.2. The number of hydrogen-bond acceptors (Lipinski definition) is 7. The first-order chi connectivity index (χ1) is 18.0. The van der Waals surface area contributed by atoms with E-state index in [0.29, 0.717) is 11.5 Å². The molecule has 0 aliphatic rings. The molecule has 0 aliphatic heterocycles. The summed E-state index contributed by atoms with van der Waals surface area (Å²) in [6.07, 6.45) is -0.876. The van der Waals surface area contributed by atoms with Crippen molar-refractivity contribution in [3.63, 3.8) is 0 Å². The zero-order valence-corrected chi connectivity index (χ0v) is 23.5. The number of halogens is 1. The van der Waals surface area contributed by atoms with E-state index >= 15 is 0 Å². The highest BCUT2D eigenvalue weighted by Crippen LogP contribution is 2.70. The molecule has 0 saturated carbocycles. The van der Waals surface area contributed by atoms with E-state index in [2.05, 4.69) is 0 Å². The number of rotatable bonds is 14. The number of carbonyl (C=O) groups excluding carboxylic acids is 2. The van der Waals surface area contributed by atoms with Gasteiger partial charge in [0.05, 0.1) is 12.2 Å². The molecule has 37 heavy (non-hydrogen) atoms. The first-order valence-electron chi connectivity index (χ1n) is 11.6. The average molecular weight is 578 g/mol. The molecule has 196 valence electrons. The van der Waals surface area contributed by atoms with Gasteiger partial charge in [0.2, 0.25) is 5.55 Å². The predicted octanol–water partition coefficient (Wildman–Crippen LogP) is 7.42. The molecule has 3 rings (SSSR count). The van der Waals surface area contributed by atoms with Gasteiger partial charge in [-0.05, 0) is 16.7 Å². The van der Waals surface area contributed by atoms with Gasteiger partial charge in [0.1, 0.15) is 19.8 Å². The van der Waals surface area contributed by atoms with E-state index in [1.165, 1.54) is 27.7 Å². The van der Waals surface area contributed by atoms with Crippen LogP contribution in [0.15, 0.2) is 91.0 Å². The summed E-state index contributed by atoms with van der Waals surface area (Å²) in [6, 6.07) is 28.7. The Hall–Kier alpha value is -2.38. The molecule has 0 bridgehead atoms. The lowest BCUT2D eigenvalue weighted by Crippen LogP contribution is -2.37. The Morgan fingerprint density at radius 2 is 1.24 bits per heavy atom. The van der Waals surface area contributed by atoms with Crippen LogP contribution in [0, 0.1) is 0 Å². The number of amides is 1. The molecule has 0 aliphatic carbocycles. The SMILES string of the molecule is O=C(CN(CP(=O)(SCc1ccccc1)SCc1ccccc1)C(=O)OCc1ccccc1)OCCCl. The number of esters is 1. The van der Waals surface area contributed by atoms with Crippen molar-refractivity contribution in [2.75, 3.05) is 25.3 Å². The minimum absolute atomic E-state index is 0.0243. The first kappa shape index (κ1) is 29.2. The van der Waals surface area contributed by atoms with Crippen LogP contribution in [-0.4, -0.2) is 42.3 Å². The van der Waals surface area contributed by atoms with Gasteiger partial charge in [-0.25, -0.2) is 4.79 Å². The Balaban J connectivity index is 1.76. The van der Waals surface area contributed by atoms with Crippen LogP contribution in [0.3, 0.4) is 0 Å². The van der Waals surface area contributed by atoms with Crippen LogP contribution in [0.2, 0.25) is 0 Å². The molecule has 3 aromatic carbocycles. The van der Waals surface area contributed by atoms with Crippen LogP contribution >= 0.6 is 39.9 Å². The van der Waals surface area contributed by atoms with E-state index in [1.54, 1.807) is 0 Å². The minimum Gasteiger partial charge on any atom is -0.463 e. The fourth-order valence-electron chi connectivity index (χ4n) is 3.16. The predicted molar refractivity (Wildman–Crippen MR) is 153 cm³/mol. The standard InChI is InChI=1S/C27H29ClNO5PS2/c28-16-17-33-26(30)18-29(27(31)34-19-23-10-4-1-5-11-23)22-35(32,36-20-24-12-6-2-7-13-24)37-21-25-14-8-3-9-15-25/h1-15H,16-22H2. The lowest BCUT2D eigenvalue weighted by Gasteiger charge is -2.26. The summed E-state index contributed by atoms with van der Waals surface area (Å²) in [6.45, 7) is -0.325. The minimum atomic E-state index is -3.11. The Kier molecular flexibility index (Phi) is 12.4. The van der Waals surface area contributed by atoms with Crippen molar-refractivity contribution in [3.05, 3.63) is 108 Å². The zero-order valence-electron chi connectivity index (χ0n) is 20.2. The molecule has 0 aromatic heterocycles. The molecule has 0 unspecified atom stereocenters. The van der Waals surface area contributed by atoms with E-state index in [1.807, 2.05) is 91.0 Å². The molecule has 0 atom stereocenters. The summed E-state index contributed by atoms with van der Waals surface area (Å²) in [5, 5.41) is 0. The number of ether oxygens (including phenoxy) is 2. The number of nitrogens with zero attached hydrogens (tertiary/aromatic N) is 1. The van der Waals surface area contributed by atoms with Crippen molar-refractivity contribution >= 4 is 52.0 Å². The quantitative estimate of drug-likeness (QED) is 0.112. The fourth-order valence-corrected chi connectivity index (χ4v) is 10.4. The van der Waals surface area contributed by atoms with Gasteiger partial charge in [0.25, 0.3) is 0 Å². The van der Waals surface area contributed by atoms with Crippen molar-refractivity contribution in [1.29, 1.82) is 0 Å². The van der Waals surface area contributed by atoms with Crippen molar-refractivity contribution < 1.29 is 23.6 Å². The summed E-state index contributed by atoms with van der Waals surface area (Å²) in [4.78, 5) is 26.7. The smallest absolute Gasteiger partial charge is 0.411 e. The Morgan fingerprint density at radius 3 is 1.73 bits per heavy atom. The van der Waals surface area contributed by atoms with Crippen LogP contribution in [0.25, 0.3) is 0 Å². The molecule has 0 spiro atoms. The normalized spacial score (nSPS) is 11.1. The molecule has 0 fully saturated rings. The van der Waals surface area contributed by atoms with E-state index in [9.17, 15) is 14.2 Å². The van der Waals surface area contributed by atoms with Crippen LogP contribution in [-0.2, 0) is 36.9 Å². The highest BCUT2D eigenvalue weighted by molar-refractivity contribution is 8.90. The van der Waals surface area contributed by atoms with Crippen LogP contribution in [0.1, 0.15) is 16.7 Å². The third kappa shape index (κ3) is 10.9. The van der Waals surface area contributed by atoms with Gasteiger partial charge in [-0.2, -0.15) is 0 Å². The largest absolute Gasteiger partial charge is 0.463 e. The molecule has 6 nitrogen and oxygen atoms in total. The maximum atomic E-state index is 14.2. The number of carbonyl (C=O) groups is 2. The highest BCUT2D eigenvalue weighted by Gasteiger charge is 2.32. The number of benzene rings is 3. The van der Waals surface area contributed by atoms with Crippen molar-refractivity contribution in [2.24, 2.45) is 0 Å². The summed E-state index contributed by atoms with van der Waals surface area (Å²) in [5.74, 6) is 0.514. The zero-order chi connectivity index (χ0) is 26.3. The van der Waals surface area contributed by atoms with Crippen molar-refractivity contribution in [2.45, 2.75) is 18.1 Å². The van der Waals surface area contributed by atoms with E-state index in [0.717, 1.165) is 16.7 Å². The van der Waals surface area contributed by atoms with Gasteiger partial charge in [-0.15, -0.1) is 11.6 Å². The third-order valence-corrected chi connectivity index (χ3v) is 13.3. The van der Waals surface area contributed by atoms with Crippen LogP contribution < -0.4 is 0 Å². The van der Waals surface area contributed by atoms with Gasteiger partial charge in [-0.3, -0.25) is 14.3 Å². The van der Waals surface area contributed by atoms with Crippen molar-refractivity contribution in [1.82, 2.24) is 4.90 Å². The first-order valence-corrected chi connectivity index (χ1v) is 17.2. The molecular weight excluding hydrogens is 549 g/mol. The Morgan fingerprint density at radius 1 is 0.757 bits per heavy atom. The third-order valence-electron chi connectivity index (χ3n) is 5.01. The fraction of sp³-hybridized carbons (Fsp3) is 0.259.